The Morgan fingerprint density at radius 2 is 2.10 bits per heavy atom. The topological polar surface area (TPSA) is 47.3 Å². The van der Waals surface area contributed by atoms with Gasteiger partial charge in [-0.25, -0.2) is 0 Å². The number of ether oxygens (including phenoxy) is 1. The number of aromatic hydroxyl groups is 1. The fraction of sp³-hybridized carbons (Fsp3) is 0.400. The van der Waals surface area contributed by atoms with Gasteiger partial charge in [0.1, 0.15) is 18.1 Å². The van der Waals surface area contributed by atoms with Crippen molar-refractivity contribution in [1.29, 1.82) is 0 Å². The van der Waals surface area contributed by atoms with Crippen molar-refractivity contribution in [3.63, 3.8) is 0 Å². The number of aromatic nitrogens is 2. The Morgan fingerprint density at radius 3 is 2.75 bits per heavy atom. The molecular formula is C15H19BrN2O2. The smallest absolute Gasteiger partial charge is 0.131 e. The van der Waals surface area contributed by atoms with Crippen molar-refractivity contribution in [1.82, 2.24) is 9.78 Å². The number of halogens is 1. The molecule has 2 rings (SSSR count). The van der Waals surface area contributed by atoms with Crippen molar-refractivity contribution in [2.24, 2.45) is 0 Å². The molecule has 1 aromatic heterocycles. The lowest BCUT2D eigenvalue weighted by Crippen LogP contribution is -2.07. The molecule has 0 atom stereocenters. The summed E-state index contributed by atoms with van der Waals surface area (Å²) in [7, 11) is 0. The van der Waals surface area contributed by atoms with Crippen LogP contribution in [0.3, 0.4) is 0 Å². The van der Waals surface area contributed by atoms with E-state index in [0.29, 0.717) is 12.4 Å². The predicted molar refractivity (Wildman–Crippen MR) is 82.2 cm³/mol. The first kappa shape index (κ1) is 14.9. The highest BCUT2D eigenvalue weighted by Gasteiger charge is 2.15. The SMILES string of the molecule is CCc1nn(CC)c(COc2cccc(O)c2C)c1Br. The fourth-order valence-corrected chi connectivity index (χ4v) is 2.74. The minimum Gasteiger partial charge on any atom is -0.508 e. The Bertz CT molecular complexity index is 608. The van der Waals surface area contributed by atoms with Gasteiger partial charge in [-0.3, -0.25) is 4.68 Å². The molecule has 5 heteroatoms. The summed E-state index contributed by atoms with van der Waals surface area (Å²) < 4.78 is 8.79. The maximum atomic E-state index is 9.69. The molecular weight excluding hydrogens is 320 g/mol. The van der Waals surface area contributed by atoms with Crippen molar-refractivity contribution in [3.05, 3.63) is 39.6 Å². The minimum absolute atomic E-state index is 0.250. The van der Waals surface area contributed by atoms with Crippen LogP contribution in [0.4, 0.5) is 0 Å². The van der Waals surface area contributed by atoms with Gasteiger partial charge in [0.25, 0.3) is 0 Å². The molecule has 4 nitrogen and oxygen atoms in total. The number of rotatable bonds is 5. The number of benzene rings is 1. The summed E-state index contributed by atoms with van der Waals surface area (Å²) in [6.07, 6.45) is 0.881. The monoisotopic (exact) mass is 338 g/mol. The van der Waals surface area contributed by atoms with Gasteiger partial charge < -0.3 is 9.84 Å². The van der Waals surface area contributed by atoms with E-state index in [1.807, 2.05) is 17.7 Å². The third-order valence-corrected chi connectivity index (χ3v) is 4.23. The Morgan fingerprint density at radius 1 is 1.35 bits per heavy atom. The van der Waals surface area contributed by atoms with Gasteiger partial charge in [-0.15, -0.1) is 0 Å². The second kappa shape index (κ2) is 6.31. The number of hydrogen-bond donors (Lipinski definition) is 1. The van der Waals surface area contributed by atoms with Crippen molar-refractivity contribution >= 4 is 15.9 Å². The Balaban J connectivity index is 2.22. The summed E-state index contributed by atoms with van der Waals surface area (Å²) in [4.78, 5) is 0. The molecule has 0 amide bonds. The van der Waals surface area contributed by atoms with Gasteiger partial charge in [0.2, 0.25) is 0 Å². The zero-order chi connectivity index (χ0) is 14.7. The van der Waals surface area contributed by atoms with Gasteiger partial charge in [-0.05, 0) is 48.3 Å². The van der Waals surface area contributed by atoms with Crippen LogP contribution in [-0.4, -0.2) is 14.9 Å². The summed E-state index contributed by atoms with van der Waals surface area (Å²) in [5.74, 6) is 0.943. The predicted octanol–water partition coefficient (Wildman–Crippen LogP) is 3.82. The molecule has 1 heterocycles. The zero-order valence-corrected chi connectivity index (χ0v) is 13.6. The first-order valence-corrected chi connectivity index (χ1v) is 7.53. The average molecular weight is 339 g/mol. The standard InChI is InChI=1S/C15H19BrN2O2/c1-4-11-15(16)12(18(5-2)17-11)9-20-14-8-6-7-13(19)10(14)3/h6-8,19H,4-5,9H2,1-3H3. The number of hydrogen-bond acceptors (Lipinski definition) is 3. The second-order valence-corrected chi connectivity index (χ2v) is 5.36. The number of aryl methyl sites for hydroxylation is 2. The lowest BCUT2D eigenvalue weighted by atomic mass is 10.2. The second-order valence-electron chi connectivity index (χ2n) is 4.57. The lowest BCUT2D eigenvalue weighted by molar-refractivity contribution is 0.288. The van der Waals surface area contributed by atoms with Crippen molar-refractivity contribution in [2.45, 2.75) is 40.3 Å². The molecule has 0 radical (unpaired) electrons. The lowest BCUT2D eigenvalue weighted by Gasteiger charge is -2.11. The molecule has 0 aliphatic rings. The summed E-state index contributed by atoms with van der Waals surface area (Å²) in [5, 5.41) is 14.2. The molecule has 0 aliphatic heterocycles. The number of phenols is 1. The Kier molecular flexibility index (Phi) is 4.70. The van der Waals surface area contributed by atoms with Gasteiger partial charge in [-0.1, -0.05) is 13.0 Å². The maximum absolute atomic E-state index is 9.69. The molecule has 2 aromatic rings. The van der Waals surface area contributed by atoms with Crippen molar-refractivity contribution in [2.75, 3.05) is 0 Å². The summed E-state index contributed by atoms with van der Waals surface area (Å²) in [5.41, 5.74) is 2.81. The highest BCUT2D eigenvalue weighted by atomic mass is 79.9. The molecule has 0 saturated heterocycles. The van der Waals surface area contributed by atoms with E-state index in [2.05, 4.69) is 34.9 Å². The van der Waals surface area contributed by atoms with E-state index in [1.165, 1.54) is 0 Å². The van der Waals surface area contributed by atoms with Crippen LogP contribution in [-0.2, 0) is 19.6 Å². The van der Waals surface area contributed by atoms with Crippen LogP contribution >= 0.6 is 15.9 Å². The average Bonchev–Trinajstić information content (AvgIpc) is 2.76. The molecule has 20 heavy (non-hydrogen) atoms. The molecule has 0 saturated carbocycles. The van der Waals surface area contributed by atoms with Crippen LogP contribution in [0.25, 0.3) is 0 Å². The highest BCUT2D eigenvalue weighted by Crippen LogP contribution is 2.28. The largest absolute Gasteiger partial charge is 0.508 e. The Labute approximate surface area is 127 Å². The molecule has 0 spiro atoms. The Hall–Kier alpha value is -1.49. The van der Waals surface area contributed by atoms with Crippen LogP contribution in [0.5, 0.6) is 11.5 Å². The van der Waals surface area contributed by atoms with E-state index >= 15 is 0 Å². The molecule has 0 bridgehead atoms. The number of phenolic OH excluding ortho intramolecular Hbond substituents is 1. The minimum atomic E-state index is 0.250. The van der Waals surface area contributed by atoms with E-state index in [4.69, 9.17) is 4.74 Å². The molecule has 0 fully saturated rings. The van der Waals surface area contributed by atoms with Gasteiger partial charge >= 0.3 is 0 Å². The normalized spacial score (nSPS) is 10.8. The van der Waals surface area contributed by atoms with Crippen LogP contribution < -0.4 is 4.74 Å². The van der Waals surface area contributed by atoms with Crippen LogP contribution in [0, 0.1) is 6.92 Å². The fourth-order valence-electron chi connectivity index (χ4n) is 2.06. The van der Waals surface area contributed by atoms with E-state index in [9.17, 15) is 5.11 Å². The van der Waals surface area contributed by atoms with E-state index in [1.54, 1.807) is 12.1 Å². The third kappa shape index (κ3) is 2.82. The van der Waals surface area contributed by atoms with Crippen molar-refractivity contribution in [3.8, 4) is 11.5 Å². The summed E-state index contributed by atoms with van der Waals surface area (Å²) in [6, 6.07) is 5.29. The molecule has 0 aliphatic carbocycles. The van der Waals surface area contributed by atoms with Gasteiger partial charge in [0.15, 0.2) is 0 Å². The highest BCUT2D eigenvalue weighted by molar-refractivity contribution is 9.10. The molecule has 1 aromatic carbocycles. The number of nitrogens with zero attached hydrogens (tertiary/aromatic N) is 2. The van der Waals surface area contributed by atoms with E-state index in [0.717, 1.165) is 34.4 Å². The zero-order valence-electron chi connectivity index (χ0n) is 12.0. The maximum Gasteiger partial charge on any atom is 0.131 e. The third-order valence-electron chi connectivity index (χ3n) is 3.31. The first-order chi connectivity index (χ1) is 9.58. The van der Waals surface area contributed by atoms with Crippen LogP contribution in [0.1, 0.15) is 30.8 Å². The quantitative estimate of drug-likeness (QED) is 0.901. The van der Waals surface area contributed by atoms with Crippen LogP contribution in [0.15, 0.2) is 22.7 Å². The van der Waals surface area contributed by atoms with E-state index in [-0.39, 0.29) is 5.75 Å². The van der Waals surface area contributed by atoms with E-state index < -0.39 is 0 Å². The first-order valence-electron chi connectivity index (χ1n) is 6.73. The molecule has 108 valence electrons. The summed E-state index contributed by atoms with van der Waals surface area (Å²) >= 11 is 3.60. The van der Waals surface area contributed by atoms with Crippen molar-refractivity contribution < 1.29 is 9.84 Å². The summed E-state index contributed by atoms with van der Waals surface area (Å²) in [6.45, 7) is 7.20. The van der Waals surface area contributed by atoms with Crippen LogP contribution in [0.2, 0.25) is 0 Å². The molecule has 1 N–H and O–H groups in total. The van der Waals surface area contributed by atoms with Gasteiger partial charge in [0.05, 0.1) is 15.9 Å². The molecule has 0 unspecified atom stereocenters. The van der Waals surface area contributed by atoms with Gasteiger partial charge in [-0.2, -0.15) is 5.10 Å². The van der Waals surface area contributed by atoms with Gasteiger partial charge in [0, 0.05) is 12.1 Å².